The lowest BCUT2D eigenvalue weighted by Crippen LogP contribution is -2.10. The van der Waals surface area contributed by atoms with Crippen LogP contribution in [0, 0.1) is 11.3 Å². The van der Waals surface area contributed by atoms with Crippen molar-refractivity contribution in [3.05, 3.63) is 64.1 Å². The van der Waals surface area contributed by atoms with Gasteiger partial charge in [0.15, 0.2) is 11.6 Å². The second-order valence-electron chi connectivity index (χ2n) is 5.46. The molecule has 0 aliphatic carbocycles. The normalized spacial score (nSPS) is 11.6. The molecule has 0 aliphatic rings. The number of fused-ring (bicyclic) bond motifs is 1. The molecule has 0 saturated carbocycles. The Morgan fingerprint density at radius 2 is 2.11 bits per heavy atom. The molecule has 0 aliphatic heterocycles. The van der Waals surface area contributed by atoms with Crippen molar-refractivity contribution in [3.63, 3.8) is 0 Å². The second kappa shape index (κ2) is 7.93. The van der Waals surface area contributed by atoms with Gasteiger partial charge in [-0.2, -0.15) is 5.26 Å². The number of esters is 1. The number of aromatic amines is 1. The van der Waals surface area contributed by atoms with E-state index in [4.69, 9.17) is 9.47 Å². The molecule has 0 unspecified atom stereocenters. The molecule has 0 radical (unpaired) electrons. The van der Waals surface area contributed by atoms with Crippen molar-refractivity contribution in [1.82, 2.24) is 9.97 Å². The zero-order chi connectivity index (χ0) is 19.4. The molecule has 8 heteroatoms. The summed E-state index contributed by atoms with van der Waals surface area (Å²) in [5, 5.41) is 19.6. The fraction of sp³-hybridized carbons (Fsp3) is 0.105. The summed E-state index contributed by atoms with van der Waals surface area (Å²) in [5.41, 5.74) is 1.53. The summed E-state index contributed by atoms with van der Waals surface area (Å²) in [6.07, 6.45) is 0. The minimum absolute atomic E-state index is 0.0938. The molecular formula is C19H14BrN3O4. The van der Waals surface area contributed by atoms with E-state index in [-0.39, 0.29) is 17.0 Å². The van der Waals surface area contributed by atoms with Gasteiger partial charge >= 0.3 is 5.97 Å². The Kier molecular flexibility index (Phi) is 5.43. The van der Waals surface area contributed by atoms with Gasteiger partial charge in [-0.3, -0.25) is 0 Å². The van der Waals surface area contributed by atoms with Crippen LogP contribution in [-0.2, 0) is 4.74 Å². The van der Waals surface area contributed by atoms with E-state index in [2.05, 4.69) is 25.9 Å². The first kappa shape index (κ1) is 18.5. The van der Waals surface area contributed by atoms with Gasteiger partial charge in [0.2, 0.25) is 0 Å². The number of rotatable bonds is 5. The maximum Gasteiger partial charge on any atom is 0.339 e. The van der Waals surface area contributed by atoms with Crippen molar-refractivity contribution in [2.24, 2.45) is 0 Å². The number of nitrogens with one attached hydrogen (secondary N) is 1. The van der Waals surface area contributed by atoms with E-state index in [1.807, 2.05) is 18.2 Å². The van der Waals surface area contributed by atoms with Gasteiger partial charge in [-0.1, -0.05) is 12.1 Å². The van der Waals surface area contributed by atoms with E-state index in [1.165, 1.54) is 13.2 Å². The number of nitrogens with zero attached hydrogens (tertiary/aromatic N) is 2. The van der Waals surface area contributed by atoms with Gasteiger partial charge in [-0.15, -0.1) is 0 Å². The number of methoxy groups -OCH3 is 1. The maximum absolute atomic E-state index is 12.3. The van der Waals surface area contributed by atoms with Crippen LogP contribution in [0.2, 0.25) is 0 Å². The second-order valence-corrected chi connectivity index (χ2v) is 6.31. The zero-order valence-electron chi connectivity index (χ0n) is 14.2. The molecule has 0 atom stereocenters. The van der Waals surface area contributed by atoms with Crippen LogP contribution in [0.4, 0.5) is 0 Å². The highest BCUT2D eigenvalue weighted by atomic mass is 79.9. The third-order valence-electron chi connectivity index (χ3n) is 3.76. The number of aromatic nitrogens is 2. The van der Waals surface area contributed by atoms with Crippen LogP contribution in [0.1, 0.15) is 16.2 Å². The van der Waals surface area contributed by atoms with E-state index in [0.29, 0.717) is 15.7 Å². The van der Waals surface area contributed by atoms with Gasteiger partial charge in [0.05, 0.1) is 23.7 Å². The first-order chi connectivity index (χ1) is 13.0. The van der Waals surface area contributed by atoms with Crippen LogP contribution in [-0.4, -0.2) is 34.8 Å². The van der Waals surface area contributed by atoms with Crippen LogP contribution in [0.3, 0.4) is 0 Å². The van der Waals surface area contributed by atoms with Crippen LogP contribution in [0.25, 0.3) is 16.6 Å². The van der Waals surface area contributed by atoms with Crippen molar-refractivity contribution in [1.29, 1.82) is 5.26 Å². The fourth-order valence-electron chi connectivity index (χ4n) is 2.40. The Balaban J connectivity index is 1.81. The summed E-state index contributed by atoms with van der Waals surface area (Å²) in [4.78, 5) is 19.5. The van der Waals surface area contributed by atoms with Crippen molar-refractivity contribution >= 4 is 38.5 Å². The lowest BCUT2D eigenvalue weighted by atomic mass is 10.2. The van der Waals surface area contributed by atoms with Gasteiger partial charge in [0.1, 0.15) is 24.0 Å². The topological polar surface area (TPSA) is 108 Å². The number of allylic oxidation sites excluding steroid dienone is 1. The first-order valence-electron chi connectivity index (χ1n) is 7.81. The van der Waals surface area contributed by atoms with Crippen LogP contribution < -0.4 is 4.74 Å². The van der Waals surface area contributed by atoms with Gasteiger partial charge in [0, 0.05) is 4.47 Å². The Morgan fingerprint density at radius 1 is 1.33 bits per heavy atom. The lowest BCUT2D eigenvalue weighted by Gasteiger charge is -2.08. The zero-order valence-corrected chi connectivity index (χ0v) is 15.8. The predicted molar refractivity (Wildman–Crippen MR) is 102 cm³/mol. The van der Waals surface area contributed by atoms with E-state index in [0.717, 1.165) is 5.52 Å². The van der Waals surface area contributed by atoms with Crippen molar-refractivity contribution < 1.29 is 19.4 Å². The molecule has 3 rings (SSSR count). The number of aliphatic hydroxyl groups is 1. The van der Waals surface area contributed by atoms with E-state index in [9.17, 15) is 15.2 Å². The number of hydrogen-bond donors (Lipinski definition) is 2. The number of carbonyl (C=O) groups excluding carboxylic acids is 1. The lowest BCUT2D eigenvalue weighted by molar-refractivity contribution is 0.0501. The highest BCUT2D eigenvalue weighted by Crippen LogP contribution is 2.24. The van der Waals surface area contributed by atoms with Crippen molar-refractivity contribution in [2.75, 3.05) is 13.7 Å². The summed E-state index contributed by atoms with van der Waals surface area (Å²) in [7, 11) is 1.49. The average Bonchev–Trinajstić information content (AvgIpc) is 3.10. The molecule has 1 heterocycles. The minimum atomic E-state index is -0.672. The van der Waals surface area contributed by atoms with E-state index < -0.39 is 18.3 Å². The van der Waals surface area contributed by atoms with Crippen molar-refractivity contribution in [2.45, 2.75) is 0 Å². The van der Waals surface area contributed by atoms with Crippen LogP contribution in [0.5, 0.6) is 5.75 Å². The number of para-hydroxylation sites is 2. The van der Waals surface area contributed by atoms with Gasteiger partial charge in [-0.25, -0.2) is 9.78 Å². The van der Waals surface area contributed by atoms with E-state index >= 15 is 0 Å². The highest BCUT2D eigenvalue weighted by molar-refractivity contribution is 9.10. The molecule has 7 nitrogen and oxygen atoms in total. The molecule has 2 aromatic carbocycles. The van der Waals surface area contributed by atoms with Crippen LogP contribution >= 0.6 is 15.9 Å². The van der Waals surface area contributed by atoms with Crippen LogP contribution in [0.15, 0.2) is 52.7 Å². The number of ether oxygens (including phenoxy) is 2. The molecule has 0 saturated heterocycles. The number of carbonyl (C=O) groups is 1. The number of nitriles is 1. The number of imidazole rings is 1. The number of H-pyrrole nitrogens is 1. The van der Waals surface area contributed by atoms with Crippen molar-refractivity contribution in [3.8, 4) is 11.8 Å². The Hall–Kier alpha value is -3.31. The highest BCUT2D eigenvalue weighted by Gasteiger charge is 2.17. The molecule has 27 heavy (non-hydrogen) atoms. The monoisotopic (exact) mass is 427 g/mol. The number of halogens is 1. The fourth-order valence-corrected chi connectivity index (χ4v) is 2.81. The first-order valence-corrected chi connectivity index (χ1v) is 8.60. The number of aliphatic hydroxyl groups excluding tert-OH is 1. The minimum Gasteiger partial charge on any atom is -0.507 e. The Morgan fingerprint density at radius 3 is 2.81 bits per heavy atom. The molecule has 0 amide bonds. The number of benzene rings is 2. The molecule has 2 N–H and O–H groups in total. The molecular weight excluding hydrogens is 414 g/mol. The summed E-state index contributed by atoms with van der Waals surface area (Å²) in [6.45, 7) is -0.470. The molecule has 3 aromatic rings. The molecule has 0 bridgehead atoms. The third kappa shape index (κ3) is 3.93. The summed E-state index contributed by atoms with van der Waals surface area (Å²) in [6, 6.07) is 14.0. The summed E-state index contributed by atoms with van der Waals surface area (Å²) >= 11 is 3.27. The smallest absolute Gasteiger partial charge is 0.339 e. The summed E-state index contributed by atoms with van der Waals surface area (Å²) < 4.78 is 10.7. The maximum atomic E-state index is 12.3. The number of hydrogen-bond acceptors (Lipinski definition) is 6. The largest absolute Gasteiger partial charge is 0.507 e. The van der Waals surface area contributed by atoms with E-state index in [1.54, 1.807) is 24.3 Å². The SMILES string of the molecule is COc1ccc(Br)c(C(=O)OCC(O)=C(C#N)c2nc3ccccc3[nH]2)c1. The summed E-state index contributed by atoms with van der Waals surface area (Å²) in [5.74, 6) is -0.377. The third-order valence-corrected chi connectivity index (χ3v) is 4.45. The predicted octanol–water partition coefficient (Wildman–Crippen LogP) is 3.98. The standard InChI is InChI=1S/C19H14BrN3O4/c1-26-11-6-7-14(20)12(8-11)19(25)27-10-17(24)13(9-21)18-22-15-4-2-3-5-16(15)23-18/h2-8,24H,10H2,1H3,(H,22,23). The quantitative estimate of drug-likeness (QED) is 0.362. The molecule has 0 fully saturated rings. The van der Waals surface area contributed by atoms with Gasteiger partial charge in [0.25, 0.3) is 0 Å². The molecule has 0 spiro atoms. The average molecular weight is 428 g/mol. The molecule has 1 aromatic heterocycles. The van der Waals surface area contributed by atoms with Gasteiger partial charge in [-0.05, 0) is 46.3 Å². The van der Waals surface area contributed by atoms with Gasteiger partial charge < -0.3 is 19.6 Å². The Labute approximate surface area is 163 Å². The molecule has 136 valence electrons. The Bertz CT molecular complexity index is 1050.